The van der Waals surface area contributed by atoms with Crippen LogP contribution in [0.4, 0.5) is 0 Å². The van der Waals surface area contributed by atoms with Crippen LogP contribution in [0.3, 0.4) is 0 Å². The van der Waals surface area contributed by atoms with Crippen molar-refractivity contribution in [2.75, 3.05) is 5.75 Å². The summed E-state index contributed by atoms with van der Waals surface area (Å²) in [5.41, 5.74) is 0. The Morgan fingerprint density at radius 1 is 1.70 bits per heavy atom. The Hall–Kier alpha value is 0.900. The summed E-state index contributed by atoms with van der Waals surface area (Å²) in [5, 5.41) is 0. The first-order valence-corrected chi connectivity index (χ1v) is 7.34. The van der Waals surface area contributed by atoms with E-state index in [0.29, 0.717) is 0 Å². The highest BCUT2D eigenvalue weighted by atomic mass is 35.9. The average Bonchev–Trinajstić information content (AvgIpc) is 1.59. The van der Waals surface area contributed by atoms with Gasteiger partial charge in [-0.05, 0) is 40.1 Å². The number of hydrogen-bond acceptors (Lipinski definition) is 2. The van der Waals surface area contributed by atoms with Gasteiger partial charge in [-0.1, -0.05) is 6.92 Å². The third-order valence-electron chi connectivity index (χ3n) is 0.704. The molecule has 0 aliphatic heterocycles. The second-order valence-electron chi connectivity index (χ2n) is 1.68. The first-order valence-electron chi connectivity index (χ1n) is 2.77. The monoisotopic (exact) mass is 218 g/mol. The van der Waals surface area contributed by atoms with Crippen LogP contribution >= 0.6 is 40.1 Å². The van der Waals surface area contributed by atoms with Gasteiger partial charge in [0.05, 0.1) is 0 Å². The van der Waals surface area contributed by atoms with Crippen molar-refractivity contribution in [1.29, 1.82) is 0 Å². The maximum atomic E-state index is 10.7. The van der Waals surface area contributed by atoms with Gasteiger partial charge in [0.15, 0.2) is 0 Å². The average molecular weight is 219 g/mol. The third-order valence-corrected chi connectivity index (χ3v) is 3.01. The quantitative estimate of drug-likeness (QED) is 0.659. The largest absolute Gasteiger partial charge is 0.285 e. The van der Waals surface area contributed by atoms with Crippen LogP contribution in [-0.4, -0.2) is 5.75 Å². The molecular weight excluding hydrogens is 210 g/mol. The van der Waals surface area contributed by atoms with Crippen LogP contribution in [0.15, 0.2) is 10.7 Å². The highest BCUT2D eigenvalue weighted by molar-refractivity contribution is 8.11. The van der Waals surface area contributed by atoms with E-state index in [-0.39, 0.29) is 0 Å². The van der Waals surface area contributed by atoms with Gasteiger partial charge in [0, 0.05) is 5.82 Å². The Kier molecular flexibility index (Phi) is 5.14. The molecule has 0 atom stereocenters. The molecule has 0 fully saturated rings. The smallest absolute Gasteiger partial charge is 0.275 e. The molecule has 10 heavy (non-hydrogen) atoms. The minimum atomic E-state index is -2.99. The molecule has 0 amide bonds. The topological polar surface area (TPSA) is 17.1 Å². The van der Waals surface area contributed by atoms with Crippen molar-refractivity contribution in [1.82, 2.24) is 0 Å². The zero-order valence-electron chi connectivity index (χ0n) is 5.80. The standard InChI is InChI=1S/C5H9Cl2OPS/c1-3-10-5(2)4-9(6,7)8/h4H,3H2,1-2H3. The van der Waals surface area contributed by atoms with Gasteiger partial charge < -0.3 is 0 Å². The van der Waals surface area contributed by atoms with E-state index in [9.17, 15) is 4.57 Å². The van der Waals surface area contributed by atoms with E-state index in [1.165, 1.54) is 5.82 Å². The Morgan fingerprint density at radius 2 is 2.20 bits per heavy atom. The van der Waals surface area contributed by atoms with Gasteiger partial charge in [0.25, 0.3) is 5.85 Å². The van der Waals surface area contributed by atoms with Crippen molar-refractivity contribution < 1.29 is 4.57 Å². The summed E-state index contributed by atoms with van der Waals surface area (Å²) < 4.78 is 10.7. The van der Waals surface area contributed by atoms with E-state index in [0.717, 1.165) is 10.7 Å². The number of allylic oxidation sites excluding steroid dienone is 1. The summed E-state index contributed by atoms with van der Waals surface area (Å²) in [6, 6.07) is 0. The molecule has 0 unspecified atom stereocenters. The van der Waals surface area contributed by atoms with Crippen molar-refractivity contribution in [3.8, 4) is 0 Å². The van der Waals surface area contributed by atoms with Gasteiger partial charge in [-0.3, -0.25) is 4.57 Å². The molecule has 0 aliphatic carbocycles. The molecule has 0 aromatic heterocycles. The van der Waals surface area contributed by atoms with Crippen LogP contribution in [0.2, 0.25) is 0 Å². The van der Waals surface area contributed by atoms with Crippen molar-refractivity contribution in [2.24, 2.45) is 0 Å². The molecular formula is C5H9Cl2OPS. The number of hydrogen-bond donors (Lipinski definition) is 0. The molecule has 0 spiro atoms. The lowest BCUT2D eigenvalue weighted by Gasteiger charge is -1.97. The molecule has 60 valence electrons. The fourth-order valence-corrected chi connectivity index (χ4v) is 3.32. The molecule has 0 aliphatic rings. The van der Waals surface area contributed by atoms with Crippen LogP contribution in [0.5, 0.6) is 0 Å². The van der Waals surface area contributed by atoms with E-state index in [2.05, 4.69) is 0 Å². The van der Waals surface area contributed by atoms with Crippen molar-refractivity contribution in [3.05, 3.63) is 10.7 Å². The summed E-state index contributed by atoms with van der Waals surface area (Å²) in [6.07, 6.45) is 0. The maximum Gasteiger partial charge on any atom is 0.275 e. The Labute approximate surface area is 75.1 Å². The predicted molar refractivity (Wildman–Crippen MR) is 51.2 cm³/mol. The van der Waals surface area contributed by atoms with Crippen LogP contribution in [0.1, 0.15) is 13.8 Å². The fraction of sp³-hybridized carbons (Fsp3) is 0.600. The van der Waals surface area contributed by atoms with E-state index in [1.54, 1.807) is 11.8 Å². The molecule has 0 heterocycles. The summed E-state index contributed by atoms with van der Waals surface area (Å²) in [6.45, 7) is 3.85. The lowest BCUT2D eigenvalue weighted by atomic mass is 10.8. The number of rotatable bonds is 3. The zero-order valence-corrected chi connectivity index (χ0v) is 9.03. The van der Waals surface area contributed by atoms with Gasteiger partial charge in [0.2, 0.25) is 0 Å². The van der Waals surface area contributed by atoms with E-state index < -0.39 is 5.85 Å². The van der Waals surface area contributed by atoms with E-state index in [4.69, 9.17) is 22.5 Å². The van der Waals surface area contributed by atoms with Crippen LogP contribution in [-0.2, 0) is 4.57 Å². The molecule has 0 saturated carbocycles. The Balaban J connectivity index is 4.04. The van der Waals surface area contributed by atoms with Gasteiger partial charge in [0.1, 0.15) is 0 Å². The summed E-state index contributed by atoms with van der Waals surface area (Å²) in [4.78, 5) is 0.913. The number of thioether (sulfide) groups is 1. The molecule has 0 rings (SSSR count). The summed E-state index contributed by atoms with van der Waals surface area (Å²) in [7, 11) is 0. The predicted octanol–water partition coefficient (Wildman–Crippen LogP) is 4.27. The molecule has 5 heteroatoms. The van der Waals surface area contributed by atoms with Crippen molar-refractivity contribution in [3.63, 3.8) is 0 Å². The van der Waals surface area contributed by atoms with Crippen LogP contribution in [0, 0.1) is 0 Å². The molecule has 0 N–H and O–H groups in total. The van der Waals surface area contributed by atoms with Crippen molar-refractivity contribution >= 4 is 40.1 Å². The van der Waals surface area contributed by atoms with Gasteiger partial charge in [-0.15, -0.1) is 11.8 Å². The normalized spacial score (nSPS) is 13.8. The Bertz CT molecular complexity index is 174. The van der Waals surface area contributed by atoms with Crippen LogP contribution in [0.25, 0.3) is 0 Å². The van der Waals surface area contributed by atoms with Gasteiger partial charge >= 0.3 is 0 Å². The van der Waals surface area contributed by atoms with Crippen molar-refractivity contribution in [2.45, 2.75) is 13.8 Å². The van der Waals surface area contributed by atoms with Gasteiger partial charge in [-0.2, -0.15) is 0 Å². The van der Waals surface area contributed by atoms with E-state index in [1.807, 2.05) is 13.8 Å². The molecule has 0 aromatic rings. The van der Waals surface area contributed by atoms with E-state index >= 15 is 0 Å². The first kappa shape index (κ1) is 10.9. The highest BCUT2D eigenvalue weighted by Crippen LogP contribution is 2.59. The van der Waals surface area contributed by atoms with Crippen LogP contribution < -0.4 is 0 Å². The third kappa shape index (κ3) is 7.01. The highest BCUT2D eigenvalue weighted by Gasteiger charge is 2.08. The second kappa shape index (κ2) is 4.71. The maximum absolute atomic E-state index is 10.7. The molecule has 1 nitrogen and oxygen atoms in total. The fourth-order valence-electron chi connectivity index (χ4n) is 0.477. The molecule has 0 bridgehead atoms. The minimum absolute atomic E-state index is 0.913. The second-order valence-corrected chi connectivity index (χ2v) is 7.98. The minimum Gasteiger partial charge on any atom is -0.285 e. The molecule has 0 saturated heterocycles. The molecule has 0 aromatic carbocycles. The SMILES string of the molecule is CCSC(C)=CP(=O)(Cl)Cl. The zero-order chi connectivity index (χ0) is 8.20. The lowest BCUT2D eigenvalue weighted by Crippen LogP contribution is -1.67. The molecule has 0 radical (unpaired) electrons. The lowest BCUT2D eigenvalue weighted by molar-refractivity contribution is 0.597. The number of halogens is 2. The summed E-state index contributed by atoms with van der Waals surface area (Å²) in [5.74, 6) is -0.642. The summed E-state index contributed by atoms with van der Waals surface area (Å²) >= 11 is 12.2. The Morgan fingerprint density at radius 3 is 2.50 bits per heavy atom. The van der Waals surface area contributed by atoms with Gasteiger partial charge in [-0.25, -0.2) is 0 Å². The first-order chi connectivity index (χ1) is 4.45.